The molecule has 6 heteroatoms. The first-order chi connectivity index (χ1) is 13.6. The number of aromatic hydroxyl groups is 1. The molecule has 1 aromatic carbocycles. The van der Waals surface area contributed by atoms with Crippen LogP contribution in [-0.2, 0) is 13.0 Å². The molecule has 1 aliphatic heterocycles. The predicted molar refractivity (Wildman–Crippen MR) is 112 cm³/mol. The number of aromatic nitrogens is 1. The fraction of sp³-hybridized carbons (Fsp3) is 0.455. The molecular weight excluding hydrogens is 352 g/mol. The van der Waals surface area contributed by atoms with Crippen LogP contribution in [0.25, 0.3) is 0 Å². The molecule has 2 aromatic rings. The second-order valence-corrected chi connectivity index (χ2v) is 7.51. The number of nitrogens with one attached hydrogen (secondary N) is 2. The molecule has 0 radical (unpaired) electrons. The fourth-order valence-corrected chi connectivity index (χ4v) is 3.41. The number of amides is 2. The van der Waals surface area contributed by atoms with Crippen LogP contribution in [0.4, 0.5) is 10.6 Å². The molecule has 3 rings (SSSR count). The van der Waals surface area contributed by atoms with Gasteiger partial charge in [-0.2, -0.15) is 0 Å². The normalized spacial score (nSPS) is 15.1. The summed E-state index contributed by atoms with van der Waals surface area (Å²) in [5.74, 6) is 1.29. The number of urea groups is 1. The quantitative estimate of drug-likeness (QED) is 0.684. The number of anilines is 1. The summed E-state index contributed by atoms with van der Waals surface area (Å²) >= 11 is 0. The van der Waals surface area contributed by atoms with E-state index in [0.29, 0.717) is 6.54 Å². The second-order valence-electron chi connectivity index (χ2n) is 7.51. The Morgan fingerprint density at radius 2 is 1.82 bits per heavy atom. The third kappa shape index (κ3) is 6.15. The Hall–Kier alpha value is -2.76. The van der Waals surface area contributed by atoms with E-state index in [0.717, 1.165) is 42.9 Å². The number of pyridine rings is 1. The van der Waals surface area contributed by atoms with E-state index < -0.39 is 0 Å². The maximum absolute atomic E-state index is 12.1. The lowest BCUT2D eigenvalue weighted by Crippen LogP contribution is -2.40. The van der Waals surface area contributed by atoms with Gasteiger partial charge in [0.25, 0.3) is 0 Å². The Bertz CT molecular complexity index is 740. The second kappa shape index (κ2) is 9.97. The van der Waals surface area contributed by atoms with E-state index in [2.05, 4.69) is 20.5 Å². The lowest BCUT2D eigenvalue weighted by atomic mass is 10.1. The van der Waals surface area contributed by atoms with Crippen molar-refractivity contribution >= 4 is 11.8 Å². The molecule has 1 aromatic heterocycles. The van der Waals surface area contributed by atoms with Crippen LogP contribution in [-0.4, -0.2) is 35.3 Å². The van der Waals surface area contributed by atoms with Gasteiger partial charge in [-0.1, -0.05) is 18.2 Å². The lowest BCUT2D eigenvalue weighted by molar-refractivity contribution is 0.237. The van der Waals surface area contributed by atoms with Gasteiger partial charge in [-0.25, -0.2) is 9.78 Å². The van der Waals surface area contributed by atoms with Gasteiger partial charge in [0.05, 0.1) is 0 Å². The first-order valence-electron chi connectivity index (χ1n) is 10.1. The van der Waals surface area contributed by atoms with Gasteiger partial charge in [-0.05, 0) is 68.4 Å². The number of carbonyl (C=O) groups excluding carboxylic acids is 1. The zero-order valence-corrected chi connectivity index (χ0v) is 16.5. The molecule has 1 unspecified atom stereocenters. The first kappa shape index (κ1) is 20.0. The fourth-order valence-electron chi connectivity index (χ4n) is 3.41. The third-order valence-corrected chi connectivity index (χ3v) is 5.12. The number of phenolic OH excluding ortho intramolecular Hbond substituents is 1. The average Bonchev–Trinajstić information content (AvgIpc) is 2.73. The van der Waals surface area contributed by atoms with Crippen molar-refractivity contribution in [1.82, 2.24) is 15.6 Å². The van der Waals surface area contributed by atoms with Crippen molar-refractivity contribution in [1.29, 1.82) is 0 Å². The molecule has 28 heavy (non-hydrogen) atoms. The highest BCUT2D eigenvalue weighted by molar-refractivity contribution is 5.74. The highest BCUT2D eigenvalue weighted by Crippen LogP contribution is 2.17. The topological polar surface area (TPSA) is 77.5 Å². The highest BCUT2D eigenvalue weighted by Gasteiger charge is 2.12. The molecule has 0 bridgehead atoms. The van der Waals surface area contributed by atoms with E-state index in [1.54, 1.807) is 12.1 Å². The molecule has 0 aliphatic carbocycles. The molecular formula is C22H30N4O2. The van der Waals surface area contributed by atoms with E-state index in [9.17, 15) is 9.90 Å². The molecule has 0 saturated carbocycles. The van der Waals surface area contributed by atoms with Crippen LogP contribution >= 0.6 is 0 Å². The van der Waals surface area contributed by atoms with Crippen LogP contribution in [0.15, 0.2) is 42.6 Å². The molecule has 0 spiro atoms. The Morgan fingerprint density at radius 3 is 2.50 bits per heavy atom. The van der Waals surface area contributed by atoms with E-state index in [-0.39, 0.29) is 17.8 Å². The van der Waals surface area contributed by atoms with Crippen molar-refractivity contribution in [3.8, 4) is 5.75 Å². The van der Waals surface area contributed by atoms with Crippen LogP contribution in [0.5, 0.6) is 5.75 Å². The van der Waals surface area contributed by atoms with Crippen molar-refractivity contribution in [2.24, 2.45) is 0 Å². The Balaban J connectivity index is 1.37. The minimum Gasteiger partial charge on any atom is -0.508 e. The van der Waals surface area contributed by atoms with Crippen LogP contribution < -0.4 is 15.5 Å². The van der Waals surface area contributed by atoms with Crippen molar-refractivity contribution in [3.63, 3.8) is 0 Å². The number of benzene rings is 1. The summed E-state index contributed by atoms with van der Waals surface area (Å²) in [4.78, 5) is 19.0. The van der Waals surface area contributed by atoms with Crippen molar-refractivity contribution < 1.29 is 9.90 Å². The van der Waals surface area contributed by atoms with Crippen LogP contribution in [0, 0.1) is 0 Å². The Morgan fingerprint density at radius 1 is 1.11 bits per heavy atom. The summed E-state index contributed by atoms with van der Waals surface area (Å²) < 4.78 is 0. The van der Waals surface area contributed by atoms with Gasteiger partial charge in [-0.15, -0.1) is 0 Å². The van der Waals surface area contributed by atoms with Gasteiger partial charge >= 0.3 is 6.03 Å². The average molecular weight is 383 g/mol. The van der Waals surface area contributed by atoms with Gasteiger partial charge in [0.15, 0.2) is 0 Å². The number of rotatable bonds is 7. The van der Waals surface area contributed by atoms with Gasteiger partial charge in [0, 0.05) is 31.9 Å². The number of phenols is 1. The molecule has 2 heterocycles. The number of carbonyl (C=O) groups is 1. The SMILES string of the molecule is CC(CCc1ccc(O)cc1)NC(=O)NCc1ccc(N2CCCCC2)nc1. The number of nitrogens with zero attached hydrogens (tertiary/aromatic N) is 2. The summed E-state index contributed by atoms with van der Waals surface area (Å²) in [5, 5.41) is 15.2. The number of piperidine rings is 1. The predicted octanol–water partition coefficient (Wildman–Crippen LogP) is 3.60. The Kier molecular flexibility index (Phi) is 7.12. The summed E-state index contributed by atoms with van der Waals surface area (Å²) in [6, 6.07) is 11.2. The van der Waals surface area contributed by atoms with Gasteiger partial charge in [0.1, 0.15) is 11.6 Å². The van der Waals surface area contributed by atoms with E-state index in [1.807, 2.05) is 37.4 Å². The number of hydrogen-bond acceptors (Lipinski definition) is 4. The molecule has 1 aliphatic rings. The summed E-state index contributed by atoms with van der Waals surface area (Å²) in [6.07, 6.45) is 7.31. The summed E-state index contributed by atoms with van der Waals surface area (Å²) in [5.41, 5.74) is 2.14. The minimum atomic E-state index is -0.168. The van der Waals surface area contributed by atoms with Gasteiger partial charge in [0.2, 0.25) is 0 Å². The summed E-state index contributed by atoms with van der Waals surface area (Å²) in [7, 11) is 0. The molecule has 2 amide bonds. The standard InChI is InChI=1S/C22H30N4O2/c1-17(5-6-18-7-10-20(27)11-8-18)25-22(28)24-16-19-9-12-21(23-15-19)26-13-3-2-4-14-26/h7-12,15,17,27H,2-6,13-14,16H2,1H3,(H2,24,25,28). The zero-order chi connectivity index (χ0) is 19.8. The molecule has 6 nitrogen and oxygen atoms in total. The minimum absolute atomic E-state index is 0.0633. The maximum Gasteiger partial charge on any atom is 0.315 e. The van der Waals surface area contributed by atoms with Gasteiger partial charge < -0.3 is 20.6 Å². The van der Waals surface area contributed by atoms with E-state index >= 15 is 0 Å². The van der Waals surface area contributed by atoms with Crippen LogP contribution in [0.3, 0.4) is 0 Å². The van der Waals surface area contributed by atoms with Gasteiger partial charge in [-0.3, -0.25) is 0 Å². The van der Waals surface area contributed by atoms with E-state index in [4.69, 9.17) is 0 Å². The molecule has 3 N–H and O–H groups in total. The highest BCUT2D eigenvalue weighted by atomic mass is 16.3. The maximum atomic E-state index is 12.1. The van der Waals surface area contributed by atoms with Crippen LogP contribution in [0.2, 0.25) is 0 Å². The number of aryl methyl sites for hydroxylation is 1. The van der Waals surface area contributed by atoms with Crippen molar-refractivity contribution in [2.75, 3.05) is 18.0 Å². The van der Waals surface area contributed by atoms with Crippen molar-refractivity contribution in [3.05, 3.63) is 53.7 Å². The number of hydrogen-bond donors (Lipinski definition) is 3. The first-order valence-corrected chi connectivity index (χ1v) is 10.1. The monoisotopic (exact) mass is 382 g/mol. The van der Waals surface area contributed by atoms with Crippen LogP contribution in [0.1, 0.15) is 43.7 Å². The van der Waals surface area contributed by atoms with E-state index in [1.165, 1.54) is 19.3 Å². The molecule has 1 atom stereocenters. The zero-order valence-electron chi connectivity index (χ0n) is 16.5. The molecule has 150 valence electrons. The van der Waals surface area contributed by atoms with Crippen molar-refractivity contribution in [2.45, 2.75) is 51.6 Å². The largest absolute Gasteiger partial charge is 0.508 e. The smallest absolute Gasteiger partial charge is 0.315 e. The molecule has 1 saturated heterocycles. The third-order valence-electron chi connectivity index (χ3n) is 5.12. The molecule has 1 fully saturated rings. The Labute approximate surface area is 167 Å². The lowest BCUT2D eigenvalue weighted by Gasteiger charge is -2.27. The summed E-state index contributed by atoms with van der Waals surface area (Å²) in [6.45, 7) is 4.61.